The lowest BCUT2D eigenvalue weighted by Gasteiger charge is -2.22. The van der Waals surface area contributed by atoms with Crippen LogP contribution >= 0.6 is 15.9 Å². The number of carbonyl (C=O) groups is 2. The normalized spacial score (nSPS) is 17.1. The van der Waals surface area contributed by atoms with Gasteiger partial charge in [0, 0.05) is 43.2 Å². The van der Waals surface area contributed by atoms with Crippen molar-refractivity contribution in [1.29, 1.82) is 0 Å². The van der Waals surface area contributed by atoms with Crippen molar-refractivity contribution in [3.05, 3.63) is 28.2 Å². The zero-order valence-electron chi connectivity index (χ0n) is 13.6. The molecule has 0 radical (unpaired) electrons. The third-order valence-corrected chi connectivity index (χ3v) is 4.81. The van der Waals surface area contributed by atoms with E-state index >= 15 is 0 Å². The van der Waals surface area contributed by atoms with E-state index in [1.165, 1.54) is 6.92 Å². The molecular weight excluding hydrogens is 360 g/mol. The van der Waals surface area contributed by atoms with Gasteiger partial charge < -0.3 is 15.0 Å². The largest absolute Gasteiger partial charge is 0.376 e. The zero-order chi connectivity index (χ0) is 16.8. The number of hydrogen-bond donors (Lipinski definition) is 1. The SMILES string of the molecule is CC(=O)N(CCC(=O)NCC1CCCO1)c1ccc(C)c(Br)c1. The lowest BCUT2D eigenvalue weighted by atomic mass is 10.2. The summed E-state index contributed by atoms with van der Waals surface area (Å²) in [6.45, 7) is 5.20. The van der Waals surface area contributed by atoms with Crippen LogP contribution in [0, 0.1) is 6.92 Å². The van der Waals surface area contributed by atoms with Gasteiger partial charge in [-0.15, -0.1) is 0 Å². The second-order valence-corrected chi connectivity index (χ2v) is 6.65. The maximum Gasteiger partial charge on any atom is 0.223 e. The van der Waals surface area contributed by atoms with Crippen LogP contribution in [-0.2, 0) is 14.3 Å². The standard InChI is InChI=1S/C17H23BrN2O3/c1-12-5-6-14(10-16(12)18)20(13(2)21)8-7-17(22)19-11-15-4-3-9-23-15/h5-6,10,15H,3-4,7-9,11H2,1-2H3,(H,19,22). The number of anilines is 1. The zero-order valence-corrected chi connectivity index (χ0v) is 15.2. The molecule has 1 aliphatic rings. The van der Waals surface area contributed by atoms with Crippen LogP contribution in [0.1, 0.15) is 31.7 Å². The summed E-state index contributed by atoms with van der Waals surface area (Å²) in [5.74, 6) is -0.134. The third-order valence-electron chi connectivity index (χ3n) is 3.96. The molecule has 6 heteroatoms. The fraction of sp³-hybridized carbons (Fsp3) is 0.529. The number of aryl methyl sites for hydroxylation is 1. The van der Waals surface area contributed by atoms with Crippen molar-refractivity contribution >= 4 is 33.4 Å². The average molecular weight is 383 g/mol. The topological polar surface area (TPSA) is 58.6 Å². The van der Waals surface area contributed by atoms with Crippen molar-refractivity contribution in [2.45, 2.75) is 39.2 Å². The first-order valence-corrected chi connectivity index (χ1v) is 8.69. The Kier molecular flexibility index (Phi) is 6.59. The second kappa shape index (κ2) is 8.45. The summed E-state index contributed by atoms with van der Waals surface area (Å²) >= 11 is 3.47. The first-order chi connectivity index (χ1) is 11.0. The monoisotopic (exact) mass is 382 g/mol. The molecule has 0 spiro atoms. The molecule has 5 nitrogen and oxygen atoms in total. The predicted molar refractivity (Wildman–Crippen MR) is 93.5 cm³/mol. The molecule has 1 heterocycles. The Morgan fingerprint density at radius 1 is 1.43 bits per heavy atom. The van der Waals surface area contributed by atoms with Crippen LogP contribution in [0.15, 0.2) is 22.7 Å². The van der Waals surface area contributed by atoms with Crippen molar-refractivity contribution in [1.82, 2.24) is 5.32 Å². The molecule has 1 saturated heterocycles. The van der Waals surface area contributed by atoms with E-state index in [2.05, 4.69) is 21.2 Å². The molecule has 2 rings (SSSR count). The van der Waals surface area contributed by atoms with Gasteiger partial charge in [0.15, 0.2) is 0 Å². The summed E-state index contributed by atoms with van der Waals surface area (Å²) in [6.07, 6.45) is 2.46. The summed E-state index contributed by atoms with van der Waals surface area (Å²) in [4.78, 5) is 25.5. The molecule has 0 saturated carbocycles. The van der Waals surface area contributed by atoms with Crippen LogP contribution in [0.3, 0.4) is 0 Å². The minimum Gasteiger partial charge on any atom is -0.376 e. The first-order valence-electron chi connectivity index (χ1n) is 7.90. The van der Waals surface area contributed by atoms with Crippen molar-refractivity contribution < 1.29 is 14.3 Å². The molecule has 0 bridgehead atoms. The Morgan fingerprint density at radius 3 is 2.83 bits per heavy atom. The highest BCUT2D eigenvalue weighted by Gasteiger charge is 2.17. The van der Waals surface area contributed by atoms with E-state index in [0.29, 0.717) is 13.1 Å². The smallest absolute Gasteiger partial charge is 0.223 e. The second-order valence-electron chi connectivity index (χ2n) is 5.79. The number of benzene rings is 1. The maximum absolute atomic E-state index is 12.0. The Balaban J connectivity index is 1.87. The van der Waals surface area contributed by atoms with E-state index in [9.17, 15) is 9.59 Å². The summed E-state index contributed by atoms with van der Waals surface area (Å²) in [5.41, 5.74) is 1.90. The van der Waals surface area contributed by atoms with Crippen molar-refractivity contribution in [3.63, 3.8) is 0 Å². The van der Waals surface area contributed by atoms with Crippen LogP contribution < -0.4 is 10.2 Å². The van der Waals surface area contributed by atoms with Gasteiger partial charge in [-0.1, -0.05) is 22.0 Å². The van der Waals surface area contributed by atoms with Gasteiger partial charge in [0.05, 0.1) is 6.10 Å². The van der Waals surface area contributed by atoms with E-state index in [0.717, 1.165) is 35.2 Å². The Hall–Kier alpha value is -1.40. The number of nitrogens with one attached hydrogen (secondary N) is 1. The lowest BCUT2D eigenvalue weighted by molar-refractivity contribution is -0.121. The van der Waals surface area contributed by atoms with Gasteiger partial charge in [0.1, 0.15) is 0 Å². The molecule has 0 aromatic heterocycles. The van der Waals surface area contributed by atoms with Crippen molar-refractivity contribution in [2.24, 2.45) is 0 Å². The highest BCUT2D eigenvalue weighted by Crippen LogP contribution is 2.24. The highest BCUT2D eigenvalue weighted by atomic mass is 79.9. The van der Waals surface area contributed by atoms with Crippen LogP contribution in [0.4, 0.5) is 5.69 Å². The molecule has 1 aromatic carbocycles. The van der Waals surface area contributed by atoms with Crippen LogP contribution in [-0.4, -0.2) is 37.6 Å². The van der Waals surface area contributed by atoms with Gasteiger partial charge in [0.2, 0.25) is 11.8 Å². The van der Waals surface area contributed by atoms with Gasteiger partial charge in [-0.05, 0) is 37.5 Å². The quantitative estimate of drug-likeness (QED) is 0.822. The molecule has 23 heavy (non-hydrogen) atoms. The van der Waals surface area contributed by atoms with E-state index in [-0.39, 0.29) is 24.3 Å². The minimum absolute atomic E-state index is 0.0575. The van der Waals surface area contributed by atoms with E-state index in [1.807, 2.05) is 25.1 Å². The number of halogens is 1. The molecule has 1 unspecified atom stereocenters. The Bertz CT molecular complexity index is 571. The first kappa shape index (κ1) is 17.9. The molecule has 1 aromatic rings. The fourth-order valence-electron chi connectivity index (χ4n) is 2.55. The van der Waals surface area contributed by atoms with Crippen LogP contribution in [0.2, 0.25) is 0 Å². The average Bonchev–Trinajstić information content (AvgIpc) is 3.02. The maximum atomic E-state index is 12.0. The molecule has 0 aliphatic carbocycles. The Morgan fingerprint density at radius 2 is 2.22 bits per heavy atom. The van der Waals surface area contributed by atoms with Gasteiger partial charge in [-0.2, -0.15) is 0 Å². The predicted octanol–water partition coefficient (Wildman–Crippen LogP) is 2.80. The minimum atomic E-state index is -0.0762. The highest BCUT2D eigenvalue weighted by molar-refractivity contribution is 9.10. The molecule has 1 N–H and O–H groups in total. The van der Waals surface area contributed by atoms with Gasteiger partial charge in [0.25, 0.3) is 0 Å². The molecule has 1 fully saturated rings. The van der Waals surface area contributed by atoms with Crippen molar-refractivity contribution in [2.75, 3.05) is 24.6 Å². The van der Waals surface area contributed by atoms with Gasteiger partial charge in [-0.3, -0.25) is 9.59 Å². The number of amides is 2. The third kappa shape index (κ3) is 5.32. The lowest BCUT2D eigenvalue weighted by Crippen LogP contribution is -2.36. The number of nitrogens with zero attached hydrogens (tertiary/aromatic N) is 1. The van der Waals surface area contributed by atoms with Crippen LogP contribution in [0.5, 0.6) is 0 Å². The summed E-state index contributed by atoms with van der Waals surface area (Å²) in [6, 6.07) is 5.75. The van der Waals surface area contributed by atoms with Crippen LogP contribution in [0.25, 0.3) is 0 Å². The molecule has 2 amide bonds. The number of carbonyl (C=O) groups excluding carboxylic acids is 2. The van der Waals surface area contributed by atoms with Crippen molar-refractivity contribution in [3.8, 4) is 0 Å². The molecule has 126 valence electrons. The van der Waals surface area contributed by atoms with E-state index in [1.54, 1.807) is 4.90 Å². The number of hydrogen-bond acceptors (Lipinski definition) is 3. The van der Waals surface area contributed by atoms with Gasteiger partial charge >= 0.3 is 0 Å². The van der Waals surface area contributed by atoms with Gasteiger partial charge in [-0.25, -0.2) is 0 Å². The summed E-state index contributed by atoms with van der Waals surface area (Å²) < 4.78 is 6.42. The molecular formula is C17H23BrN2O3. The fourth-order valence-corrected chi connectivity index (χ4v) is 2.92. The number of rotatable bonds is 6. The van der Waals surface area contributed by atoms with E-state index in [4.69, 9.17) is 4.74 Å². The molecule has 1 aliphatic heterocycles. The summed E-state index contributed by atoms with van der Waals surface area (Å²) in [5, 5.41) is 2.88. The van der Waals surface area contributed by atoms with E-state index < -0.39 is 0 Å². The number of ether oxygens (including phenoxy) is 1. The molecule has 1 atom stereocenters. The Labute approximate surface area is 145 Å². The summed E-state index contributed by atoms with van der Waals surface area (Å²) in [7, 11) is 0.